The number of halogens is 1. The van der Waals surface area contributed by atoms with Gasteiger partial charge in [0, 0.05) is 13.1 Å². The molecule has 0 saturated heterocycles. The Morgan fingerprint density at radius 1 is 0.853 bits per heavy atom. The van der Waals surface area contributed by atoms with Gasteiger partial charge in [-0.25, -0.2) is 17.6 Å². The van der Waals surface area contributed by atoms with Gasteiger partial charge in [-0.2, -0.15) is 4.31 Å². The van der Waals surface area contributed by atoms with E-state index in [0.717, 1.165) is 5.56 Å². The zero-order chi connectivity index (χ0) is 24.9. The summed E-state index contributed by atoms with van der Waals surface area (Å²) in [4.78, 5) is 12.1. The second-order valence-electron chi connectivity index (χ2n) is 9.09. The van der Waals surface area contributed by atoms with Crippen molar-refractivity contribution in [2.75, 3.05) is 6.61 Å². The third-order valence-corrected chi connectivity index (χ3v) is 7.26. The van der Waals surface area contributed by atoms with E-state index in [2.05, 4.69) is 20.8 Å². The lowest BCUT2D eigenvalue weighted by atomic mass is 9.87. The van der Waals surface area contributed by atoms with Gasteiger partial charge in [-0.15, -0.1) is 0 Å². The number of carbonyl (C=O) groups is 1. The molecule has 0 aliphatic carbocycles. The summed E-state index contributed by atoms with van der Waals surface area (Å²) >= 11 is 0. The van der Waals surface area contributed by atoms with E-state index in [0.29, 0.717) is 16.7 Å². The number of esters is 1. The van der Waals surface area contributed by atoms with E-state index in [1.807, 2.05) is 12.1 Å². The Morgan fingerprint density at radius 2 is 1.35 bits per heavy atom. The summed E-state index contributed by atoms with van der Waals surface area (Å²) in [6.45, 7) is 8.37. The van der Waals surface area contributed by atoms with E-state index < -0.39 is 16.0 Å². The highest BCUT2D eigenvalue weighted by molar-refractivity contribution is 7.89. The fraction of sp³-hybridized carbons (Fsp3) is 0.296. The molecule has 0 unspecified atom stereocenters. The largest absolute Gasteiger partial charge is 0.462 e. The third-order valence-electron chi connectivity index (χ3n) is 5.45. The fourth-order valence-corrected chi connectivity index (χ4v) is 4.88. The molecule has 0 spiro atoms. The molecule has 0 fully saturated rings. The Morgan fingerprint density at radius 3 is 1.82 bits per heavy atom. The first-order chi connectivity index (χ1) is 16.0. The Bertz CT molecular complexity index is 1210. The van der Waals surface area contributed by atoms with Gasteiger partial charge in [0.1, 0.15) is 5.82 Å². The Labute approximate surface area is 201 Å². The van der Waals surface area contributed by atoms with Gasteiger partial charge >= 0.3 is 5.97 Å². The van der Waals surface area contributed by atoms with E-state index in [9.17, 15) is 17.6 Å². The van der Waals surface area contributed by atoms with Crippen LogP contribution in [0.5, 0.6) is 0 Å². The van der Waals surface area contributed by atoms with Crippen LogP contribution < -0.4 is 0 Å². The van der Waals surface area contributed by atoms with Crippen LogP contribution in [-0.2, 0) is 33.3 Å². The van der Waals surface area contributed by atoms with Crippen molar-refractivity contribution >= 4 is 16.0 Å². The molecule has 0 aromatic heterocycles. The fourth-order valence-electron chi connectivity index (χ4n) is 3.46. The number of benzene rings is 3. The average Bonchev–Trinajstić information content (AvgIpc) is 2.80. The van der Waals surface area contributed by atoms with Gasteiger partial charge in [-0.3, -0.25) is 0 Å². The highest BCUT2D eigenvalue weighted by atomic mass is 32.2. The highest BCUT2D eigenvalue weighted by Crippen LogP contribution is 2.26. The maximum absolute atomic E-state index is 13.6. The van der Waals surface area contributed by atoms with Crippen LogP contribution in [0.2, 0.25) is 0 Å². The van der Waals surface area contributed by atoms with Gasteiger partial charge in [-0.05, 0) is 65.4 Å². The summed E-state index contributed by atoms with van der Waals surface area (Å²) in [7, 11) is -3.86. The molecule has 3 rings (SSSR count). The zero-order valence-corrected chi connectivity index (χ0v) is 20.7. The lowest BCUT2D eigenvalue weighted by molar-refractivity contribution is 0.0526. The summed E-state index contributed by atoms with van der Waals surface area (Å²) in [6, 6.07) is 19.3. The molecule has 0 bridgehead atoms. The summed E-state index contributed by atoms with van der Waals surface area (Å²) in [5, 5.41) is 0. The topological polar surface area (TPSA) is 63.7 Å². The number of hydrogen-bond donors (Lipinski definition) is 0. The van der Waals surface area contributed by atoms with Gasteiger partial charge in [0.05, 0.1) is 17.1 Å². The van der Waals surface area contributed by atoms with Gasteiger partial charge < -0.3 is 4.74 Å². The van der Waals surface area contributed by atoms with Gasteiger partial charge in [0.15, 0.2) is 0 Å². The van der Waals surface area contributed by atoms with Crippen molar-refractivity contribution in [3.05, 3.63) is 101 Å². The van der Waals surface area contributed by atoms with Crippen molar-refractivity contribution in [1.82, 2.24) is 4.31 Å². The maximum Gasteiger partial charge on any atom is 0.338 e. The van der Waals surface area contributed by atoms with Gasteiger partial charge in [0.2, 0.25) is 10.0 Å². The minimum absolute atomic E-state index is 0.0727. The van der Waals surface area contributed by atoms with Crippen molar-refractivity contribution in [1.29, 1.82) is 0 Å². The number of rotatable bonds is 8. The molecule has 0 radical (unpaired) electrons. The first-order valence-electron chi connectivity index (χ1n) is 11.1. The first-order valence-corrected chi connectivity index (χ1v) is 12.6. The number of carbonyl (C=O) groups excluding carboxylic acids is 1. The van der Waals surface area contributed by atoms with Crippen LogP contribution in [0, 0.1) is 5.82 Å². The second kappa shape index (κ2) is 10.5. The van der Waals surface area contributed by atoms with E-state index in [4.69, 9.17) is 4.74 Å². The number of hydrogen-bond acceptors (Lipinski definition) is 4. The maximum atomic E-state index is 13.6. The number of nitrogens with zero attached hydrogens (tertiary/aromatic N) is 1. The molecule has 0 atom stereocenters. The number of sulfonamides is 1. The number of ether oxygens (including phenoxy) is 1. The summed E-state index contributed by atoms with van der Waals surface area (Å²) in [6.07, 6.45) is 0. The lowest BCUT2D eigenvalue weighted by Crippen LogP contribution is -2.30. The van der Waals surface area contributed by atoms with Crippen LogP contribution >= 0.6 is 0 Å². The molecular weight excluding hydrogens is 453 g/mol. The van der Waals surface area contributed by atoms with Crippen molar-refractivity contribution in [2.24, 2.45) is 0 Å². The Hall–Kier alpha value is -3.03. The smallest absolute Gasteiger partial charge is 0.338 e. The van der Waals surface area contributed by atoms with Crippen molar-refractivity contribution in [2.45, 2.75) is 51.1 Å². The molecule has 180 valence electrons. The van der Waals surface area contributed by atoms with Crippen LogP contribution in [0.15, 0.2) is 77.7 Å². The standard InChI is InChI=1S/C27H30FNO4S/c1-5-33-26(30)22-10-6-20(7-11-22)18-29(19-21-8-14-24(28)15-9-21)34(31,32)25-16-12-23(13-17-25)27(2,3)4/h6-17H,5,18-19H2,1-4H3. The molecule has 0 aliphatic heterocycles. The quantitative estimate of drug-likeness (QED) is 0.386. The molecule has 0 aliphatic rings. The van der Waals surface area contributed by atoms with Crippen LogP contribution in [0.25, 0.3) is 0 Å². The highest BCUT2D eigenvalue weighted by Gasteiger charge is 2.26. The normalized spacial score (nSPS) is 12.1. The van der Waals surface area contributed by atoms with Crippen LogP contribution in [-0.4, -0.2) is 25.3 Å². The molecule has 3 aromatic rings. The van der Waals surface area contributed by atoms with E-state index in [1.165, 1.54) is 16.4 Å². The predicted octanol–water partition coefficient (Wildman–Crippen LogP) is 5.69. The molecule has 0 heterocycles. The van der Waals surface area contributed by atoms with Crippen LogP contribution in [0.3, 0.4) is 0 Å². The molecule has 0 saturated carbocycles. The van der Waals surface area contributed by atoms with Crippen LogP contribution in [0.1, 0.15) is 54.7 Å². The summed E-state index contributed by atoms with van der Waals surface area (Å²) in [5.41, 5.74) is 2.71. The molecule has 34 heavy (non-hydrogen) atoms. The van der Waals surface area contributed by atoms with E-state index in [-0.39, 0.29) is 35.8 Å². The molecular formula is C27H30FNO4S. The molecule has 3 aromatic carbocycles. The third kappa shape index (κ3) is 6.30. The van der Waals surface area contributed by atoms with Crippen molar-refractivity contribution < 1.29 is 22.3 Å². The summed E-state index contributed by atoms with van der Waals surface area (Å²) < 4.78 is 47.0. The zero-order valence-electron chi connectivity index (χ0n) is 19.9. The molecule has 0 N–H and O–H groups in total. The van der Waals surface area contributed by atoms with Gasteiger partial charge in [0.25, 0.3) is 0 Å². The Balaban J connectivity index is 1.93. The van der Waals surface area contributed by atoms with Crippen LogP contribution in [0.4, 0.5) is 4.39 Å². The van der Waals surface area contributed by atoms with E-state index in [1.54, 1.807) is 55.5 Å². The average molecular weight is 484 g/mol. The molecule has 5 nitrogen and oxygen atoms in total. The lowest BCUT2D eigenvalue weighted by Gasteiger charge is -2.24. The minimum atomic E-state index is -3.86. The minimum Gasteiger partial charge on any atom is -0.462 e. The molecule has 7 heteroatoms. The molecule has 0 amide bonds. The SMILES string of the molecule is CCOC(=O)c1ccc(CN(Cc2ccc(F)cc2)S(=O)(=O)c2ccc(C(C)(C)C)cc2)cc1. The second-order valence-corrected chi connectivity index (χ2v) is 11.0. The van der Waals surface area contributed by atoms with Crippen molar-refractivity contribution in [3.63, 3.8) is 0 Å². The first kappa shape index (κ1) is 25.6. The predicted molar refractivity (Wildman–Crippen MR) is 130 cm³/mol. The van der Waals surface area contributed by atoms with E-state index >= 15 is 0 Å². The monoisotopic (exact) mass is 483 g/mol. The Kier molecular flexibility index (Phi) is 7.89. The van der Waals surface area contributed by atoms with Gasteiger partial charge in [-0.1, -0.05) is 57.2 Å². The summed E-state index contributed by atoms with van der Waals surface area (Å²) in [5.74, 6) is -0.811. The van der Waals surface area contributed by atoms with Crippen molar-refractivity contribution in [3.8, 4) is 0 Å².